The van der Waals surface area contributed by atoms with Crippen molar-refractivity contribution in [1.29, 1.82) is 0 Å². The van der Waals surface area contributed by atoms with E-state index >= 15 is 0 Å². The molecule has 1 heterocycles. The highest BCUT2D eigenvalue weighted by molar-refractivity contribution is 6.08. The third-order valence-electron chi connectivity index (χ3n) is 5.11. The zero-order chi connectivity index (χ0) is 23.1. The molecular weight excluding hydrogens is 384 g/mol. The van der Waals surface area contributed by atoms with Crippen LogP contribution in [0.25, 0.3) is 5.57 Å². The lowest BCUT2D eigenvalue weighted by Crippen LogP contribution is -2.38. The Morgan fingerprint density at radius 1 is 1.19 bits per heavy atom. The summed E-state index contributed by atoms with van der Waals surface area (Å²) in [7, 11) is 1.57. The van der Waals surface area contributed by atoms with Crippen molar-refractivity contribution in [2.24, 2.45) is 4.99 Å². The van der Waals surface area contributed by atoms with E-state index in [-0.39, 0.29) is 12.1 Å². The van der Waals surface area contributed by atoms with Crippen molar-refractivity contribution in [2.45, 2.75) is 32.9 Å². The number of nitrogens with zero attached hydrogens (tertiary/aromatic N) is 2. The Kier molecular flexibility index (Phi) is 8.08. The van der Waals surface area contributed by atoms with Crippen molar-refractivity contribution >= 4 is 11.3 Å². The molecule has 5 heteroatoms. The second kappa shape index (κ2) is 10.5. The highest BCUT2D eigenvalue weighted by Gasteiger charge is 2.27. The van der Waals surface area contributed by atoms with E-state index in [1.807, 2.05) is 30.9 Å². The number of hydrogen-bond acceptors (Lipinski definition) is 5. The van der Waals surface area contributed by atoms with E-state index in [1.165, 1.54) is 0 Å². The first kappa shape index (κ1) is 23.8. The minimum Gasteiger partial charge on any atom is -0.483 e. The van der Waals surface area contributed by atoms with Crippen LogP contribution in [0.3, 0.4) is 0 Å². The van der Waals surface area contributed by atoms with Crippen LogP contribution in [0.4, 0.5) is 0 Å². The van der Waals surface area contributed by atoms with Gasteiger partial charge in [0.2, 0.25) is 0 Å². The standard InChI is InChI=1S/C26H34N4O/c1-10-27-19(5)25-15-16-26(30(21(7)29-25)22(8)31-9)20(6)28-18(4)24-13-11-23(12-14-24)17(2)3/h11-16,18,26-28H,2,5-8,10H2,1,3-4,9H3. The Labute approximate surface area is 186 Å². The molecular formula is C26H34N4O. The maximum absolute atomic E-state index is 5.42. The quantitative estimate of drug-likeness (QED) is 0.508. The molecule has 1 aromatic carbocycles. The molecule has 1 aliphatic rings. The van der Waals surface area contributed by atoms with Gasteiger partial charge in [-0.15, -0.1) is 0 Å². The first-order valence-corrected chi connectivity index (χ1v) is 10.3. The Bertz CT molecular complexity index is 937. The summed E-state index contributed by atoms with van der Waals surface area (Å²) in [5.41, 5.74) is 5.54. The van der Waals surface area contributed by atoms with Gasteiger partial charge in [0.1, 0.15) is 5.82 Å². The summed E-state index contributed by atoms with van der Waals surface area (Å²) >= 11 is 0. The lowest BCUT2D eigenvalue weighted by molar-refractivity contribution is 0.169. The van der Waals surface area contributed by atoms with E-state index in [2.05, 4.69) is 79.7 Å². The summed E-state index contributed by atoms with van der Waals surface area (Å²) in [4.78, 5) is 6.44. The predicted molar refractivity (Wildman–Crippen MR) is 132 cm³/mol. The second-order valence-electron chi connectivity index (χ2n) is 7.49. The van der Waals surface area contributed by atoms with Gasteiger partial charge in [-0.3, -0.25) is 4.90 Å². The van der Waals surface area contributed by atoms with E-state index < -0.39 is 0 Å². The molecule has 5 nitrogen and oxygen atoms in total. The van der Waals surface area contributed by atoms with E-state index in [1.54, 1.807) is 7.11 Å². The maximum atomic E-state index is 5.42. The van der Waals surface area contributed by atoms with Crippen molar-refractivity contribution in [1.82, 2.24) is 15.5 Å². The van der Waals surface area contributed by atoms with Gasteiger partial charge in [-0.25, -0.2) is 4.99 Å². The zero-order valence-electron chi connectivity index (χ0n) is 19.2. The van der Waals surface area contributed by atoms with Crippen LogP contribution in [0, 0.1) is 0 Å². The van der Waals surface area contributed by atoms with Gasteiger partial charge in [-0.05, 0) is 44.6 Å². The van der Waals surface area contributed by atoms with Gasteiger partial charge in [-0.1, -0.05) is 62.2 Å². The second-order valence-corrected chi connectivity index (χ2v) is 7.49. The third-order valence-corrected chi connectivity index (χ3v) is 5.11. The zero-order valence-corrected chi connectivity index (χ0v) is 19.2. The molecule has 0 aromatic heterocycles. The molecule has 0 bridgehead atoms. The topological polar surface area (TPSA) is 48.9 Å². The lowest BCUT2D eigenvalue weighted by atomic mass is 10.0. The molecule has 2 rings (SSSR count). The molecule has 0 spiro atoms. The first-order valence-electron chi connectivity index (χ1n) is 10.3. The molecule has 0 amide bonds. The van der Waals surface area contributed by atoms with Crippen LogP contribution in [0.15, 0.2) is 97.4 Å². The minimum absolute atomic E-state index is 0.0476. The van der Waals surface area contributed by atoms with Crippen LogP contribution < -0.4 is 10.6 Å². The number of nitrogens with one attached hydrogen (secondary N) is 2. The molecule has 0 radical (unpaired) electrons. The van der Waals surface area contributed by atoms with Crippen molar-refractivity contribution in [3.05, 3.63) is 104 Å². The van der Waals surface area contributed by atoms with E-state index in [9.17, 15) is 0 Å². The summed E-state index contributed by atoms with van der Waals surface area (Å²) in [6.07, 6.45) is 3.92. The summed E-state index contributed by atoms with van der Waals surface area (Å²) in [6, 6.07) is 8.13. The number of aliphatic imine (C=N–C) groups is 1. The average molecular weight is 419 g/mol. The van der Waals surface area contributed by atoms with Crippen LogP contribution in [0.5, 0.6) is 0 Å². The summed E-state index contributed by atoms with van der Waals surface area (Å²) < 4.78 is 5.42. The monoisotopic (exact) mass is 418 g/mol. The molecule has 0 aliphatic carbocycles. The summed E-state index contributed by atoms with van der Waals surface area (Å²) in [5, 5.41) is 6.70. The Balaban J connectivity index is 2.27. The summed E-state index contributed by atoms with van der Waals surface area (Å²) in [6.45, 7) is 27.4. The molecule has 1 aromatic rings. The molecule has 2 atom stereocenters. The number of allylic oxidation sites excluding steroid dienone is 2. The van der Waals surface area contributed by atoms with Gasteiger partial charge in [0.05, 0.1) is 24.6 Å². The molecule has 0 fully saturated rings. The lowest BCUT2D eigenvalue weighted by Gasteiger charge is -2.33. The molecule has 0 saturated carbocycles. The number of ether oxygens (including phenoxy) is 1. The molecule has 31 heavy (non-hydrogen) atoms. The molecule has 1 aliphatic heterocycles. The van der Waals surface area contributed by atoms with Gasteiger partial charge in [0, 0.05) is 18.3 Å². The largest absolute Gasteiger partial charge is 0.483 e. The van der Waals surface area contributed by atoms with E-state index in [0.29, 0.717) is 17.4 Å². The molecule has 2 N–H and O–H groups in total. The molecule has 0 saturated heterocycles. The van der Waals surface area contributed by atoms with Crippen molar-refractivity contribution in [2.75, 3.05) is 13.7 Å². The summed E-state index contributed by atoms with van der Waals surface area (Å²) in [5.74, 6) is 0.928. The highest BCUT2D eigenvalue weighted by Crippen LogP contribution is 2.26. The fourth-order valence-corrected chi connectivity index (χ4v) is 3.30. The number of methoxy groups -OCH3 is 1. The number of benzene rings is 1. The Morgan fingerprint density at radius 2 is 1.84 bits per heavy atom. The van der Waals surface area contributed by atoms with Crippen molar-refractivity contribution in [3.63, 3.8) is 0 Å². The van der Waals surface area contributed by atoms with Crippen molar-refractivity contribution < 1.29 is 4.74 Å². The fraction of sp³-hybridized carbons (Fsp3) is 0.269. The van der Waals surface area contributed by atoms with Crippen LogP contribution in [0.1, 0.15) is 37.9 Å². The fourth-order valence-electron chi connectivity index (χ4n) is 3.30. The van der Waals surface area contributed by atoms with Gasteiger partial charge in [0.15, 0.2) is 5.88 Å². The first-order chi connectivity index (χ1) is 14.7. The number of rotatable bonds is 10. The Morgan fingerprint density at radius 3 is 2.39 bits per heavy atom. The van der Waals surface area contributed by atoms with Gasteiger partial charge in [-0.2, -0.15) is 0 Å². The van der Waals surface area contributed by atoms with Crippen LogP contribution in [-0.4, -0.2) is 30.3 Å². The van der Waals surface area contributed by atoms with E-state index in [4.69, 9.17) is 4.74 Å². The van der Waals surface area contributed by atoms with E-state index in [0.717, 1.165) is 34.6 Å². The van der Waals surface area contributed by atoms with Gasteiger partial charge >= 0.3 is 0 Å². The molecule has 164 valence electrons. The third kappa shape index (κ3) is 5.79. The highest BCUT2D eigenvalue weighted by atomic mass is 16.5. The smallest absolute Gasteiger partial charge is 0.188 e. The van der Waals surface area contributed by atoms with Crippen molar-refractivity contribution in [3.8, 4) is 0 Å². The number of hydrogen-bond donors (Lipinski definition) is 2. The predicted octanol–water partition coefficient (Wildman–Crippen LogP) is 5.28. The van der Waals surface area contributed by atoms with Gasteiger partial charge < -0.3 is 15.4 Å². The van der Waals surface area contributed by atoms with Gasteiger partial charge in [0.25, 0.3) is 0 Å². The maximum Gasteiger partial charge on any atom is 0.188 e. The SMILES string of the molecule is C=C(NCC)C1=NC(=C)N(C(=C)OC)C(C(=C)NC(C)c2ccc(C(=C)C)cc2)C=C1. The normalized spacial score (nSPS) is 16.6. The Hall–Kier alpha value is -3.47. The van der Waals surface area contributed by atoms with Crippen LogP contribution in [-0.2, 0) is 4.74 Å². The molecule has 2 unspecified atom stereocenters. The van der Waals surface area contributed by atoms with Crippen LogP contribution in [0.2, 0.25) is 0 Å². The van der Waals surface area contributed by atoms with Crippen LogP contribution >= 0.6 is 0 Å². The average Bonchev–Trinajstić information content (AvgIpc) is 2.92. The minimum atomic E-state index is -0.284.